The van der Waals surface area contributed by atoms with Gasteiger partial charge in [-0.3, -0.25) is 0 Å². The standard InChI is InChI=1S/C16H19FN2O/c17-15-4-1-5-16(14(15)8-9-18)19(12-6-7-12)11-13-3-2-10-20-13/h1-5,10,12H,6-9,11,18H2. The van der Waals surface area contributed by atoms with Crippen LogP contribution in [0.2, 0.25) is 0 Å². The predicted molar refractivity (Wildman–Crippen MR) is 77.1 cm³/mol. The number of nitrogens with two attached hydrogens (primary N) is 1. The van der Waals surface area contributed by atoms with E-state index in [1.165, 1.54) is 6.07 Å². The lowest BCUT2D eigenvalue weighted by molar-refractivity contribution is 0.500. The van der Waals surface area contributed by atoms with Crippen LogP contribution < -0.4 is 10.6 Å². The van der Waals surface area contributed by atoms with Crippen LogP contribution in [0.5, 0.6) is 0 Å². The molecular weight excluding hydrogens is 255 g/mol. The fourth-order valence-electron chi connectivity index (χ4n) is 2.58. The van der Waals surface area contributed by atoms with Crippen LogP contribution in [0.4, 0.5) is 10.1 Å². The van der Waals surface area contributed by atoms with Crippen LogP contribution in [0.15, 0.2) is 41.0 Å². The summed E-state index contributed by atoms with van der Waals surface area (Å²) in [6, 6.07) is 9.58. The van der Waals surface area contributed by atoms with Crippen LogP contribution in [0.1, 0.15) is 24.2 Å². The number of hydrogen-bond acceptors (Lipinski definition) is 3. The van der Waals surface area contributed by atoms with Gasteiger partial charge in [0.2, 0.25) is 0 Å². The lowest BCUT2D eigenvalue weighted by Crippen LogP contribution is -2.26. The number of nitrogens with zero attached hydrogens (tertiary/aromatic N) is 1. The van der Waals surface area contributed by atoms with Gasteiger partial charge in [0.25, 0.3) is 0 Å². The molecule has 4 heteroatoms. The molecule has 2 N–H and O–H groups in total. The van der Waals surface area contributed by atoms with E-state index in [4.69, 9.17) is 10.2 Å². The van der Waals surface area contributed by atoms with E-state index < -0.39 is 0 Å². The molecule has 1 fully saturated rings. The third-order valence-electron chi connectivity index (χ3n) is 3.69. The monoisotopic (exact) mass is 274 g/mol. The first-order valence-electron chi connectivity index (χ1n) is 7.06. The van der Waals surface area contributed by atoms with Crippen LogP contribution in [0.25, 0.3) is 0 Å². The second kappa shape index (κ2) is 5.67. The molecule has 0 saturated heterocycles. The molecule has 2 aromatic rings. The second-order valence-electron chi connectivity index (χ2n) is 5.21. The molecule has 20 heavy (non-hydrogen) atoms. The van der Waals surface area contributed by atoms with Gasteiger partial charge in [0, 0.05) is 17.3 Å². The highest BCUT2D eigenvalue weighted by Gasteiger charge is 2.31. The second-order valence-corrected chi connectivity index (χ2v) is 5.21. The average molecular weight is 274 g/mol. The Bertz CT molecular complexity index is 564. The summed E-state index contributed by atoms with van der Waals surface area (Å²) in [6.07, 6.45) is 4.54. The first-order chi connectivity index (χ1) is 9.79. The summed E-state index contributed by atoms with van der Waals surface area (Å²) in [4.78, 5) is 2.24. The van der Waals surface area contributed by atoms with Crippen LogP contribution in [0.3, 0.4) is 0 Å². The van der Waals surface area contributed by atoms with Crippen molar-refractivity contribution in [2.24, 2.45) is 5.73 Å². The van der Waals surface area contributed by atoms with E-state index in [1.54, 1.807) is 12.3 Å². The molecular formula is C16H19FN2O. The van der Waals surface area contributed by atoms with Gasteiger partial charge in [0.05, 0.1) is 12.8 Å². The highest BCUT2D eigenvalue weighted by Crippen LogP contribution is 2.35. The van der Waals surface area contributed by atoms with Gasteiger partial charge < -0.3 is 15.1 Å². The van der Waals surface area contributed by atoms with E-state index >= 15 is 0 Å². The molecule has 1 aromatic carbocycles. The quantitative estimate of drug-likeness (QED) is 0.880. The lowest BCUT2D eigenvalue weighted by Gasteiger charge is -2.26. The Morgan fingerprint density at radius 2 is 2.10 bits per heavy atom. The van der Waals surface area contributed by atoms with Gasteiger partial charge in [-0.2, -0.15) is 0 Å². The summed E-state index contributed by atoms with van der Waals surface area (Å²) < 4.78 is 19.5. The fraction of sp³-hybridized carbons (Fsp3) is 0.375. The smallest absolute Gasteiger partial charge is 0.128 e. The normalized spacial score (nSPS) is 14.5. The van der Waals surface area contributed by atoms with Crippen molar-refractivity contribution in [1.82, 2.24) is 0 Å². The Balaban J connectivity index is 1.93. The minimum Gasteiger partial charge on any atom is -0.467 e. The molecule has 0 unspecified atom stereocenters. The number of benzene rings is 1. The van der Waals surface area contributed by atoms with Crippen molar-refractivity contribution >= 4 is 5.69 Å². The molecule has 1 heterocycles. The first kappa shape index (κ1) is 13.2. The summed E-state index contributed by atoms with van der Waals surface area (Å²) in [5.41, 5.74) is 7.29. The zero-order valence-electron chi connectivity index (χ0n) is 11.4. The van der Waals surface area contributed by atoms with Gasteiger partial charge in [-0.1, -0.05) is 6.07 Å². The topological polar surface area (TPSA) is 42.4 Å². The average Bonchev–Trinajstić information content (AvgIpc) is 3.16. The van der Waals surface area contributed by atoms with Crippen molar-refractivity contribution < 1.29 is 8.81 Å². The molecule has 1 saturated carbocycles. The molecule has 3 rings (SSSR count). The fourth-order valence-corrected chi connectivity index (χ4v) is 2.58. The van der Waals surface area contributed by atoms with E-state index in [0.29, 0.717) is 31.1 Å². The summed E-state index contributed by atoms with van der Waals surface area (Å²) in [6.45, 7) is 1.13. The molecule has 0 amide bonds. The zero-order chi connectivity index (χ0) is 13.9. The molecule has 1 aliphatic rings. The van der Waals surface area contributed by atoms with Crippen LogP contribution >= 0.6 is 0 Å². The Morgan fingerprint density at radius 1 is 1.25 bits per heavy atom. The Kier molecular flexibility index (Phi) is 3.74. The molecule has 0 atom stereocenters. The largest absolute Gasteiger partial charge is 0.467 e. The highest BCUT2D eigenvalue weighted by atomic mass is 19.1. The van der Waals surface area contributed by atoms with Crippen molar-refractivity contribution in [1.29, 1.82) is 0 Å². The van der Waals surface area contributed by atoms with Gasteiger partial charge in [-0.15, -0.1) is 0 Å². The Labute approximate surface area is 118 Å². The molecule has 0 radical (unpaired) electrons. The van der Waals surface area contributed by atoms with Crippen molar-refractivity contribution in [2.45, 2.75) is 31.8 Å². The van der Waals surface area contributed by atoms with Gasteiger partial charge in [0.1, 0.15) is 11.6 Å². The number of rotatable bonds is 6. The van der Waals surface area contributed by atoms with Gasteiger partial charge in [0.15, 0.2) is 0 Å². The Morgan fingerprint density at radius 3 is 2.75 bits per heavy atom. The van der Waals surface area contributed by atoms with Gasteiger partial charge >= 0.3 is 0 Å². The molecule has 0 spiro atoms. The van der Waals surface area contributed by atoms with Crippen molar-refractivity contribution in [3.8, 4) is 0 Å². The van der Waals surface area contributed by atoms with E-state index in [0.717, 1.165) is 24.3 Å². The molecule has 1 aliphatic carbocycles. The summed E-state index contributed by atoms with van der Waals surface area (Å²) in [7, 11) is 0. The molecule has 0 bridgehead atoms. The van der Waals surface area contributed by atoms with Crippen molar-refractivity contribution in [3.05, 3.63) is 53.7 Å². The number of hydrogen-bond donors (Lipinski definition) is 1. The van der Waals surface area contributed by atoms with Crippen LogP contribution in [-0.2, 0) is 13.0 Å². The van der Waals surface area contributed by atoms with E-state index in [1.807, 2.05) is 18.2 Å². The van der Waals surface area contributed by atoms with Gasteiger partial charge in [-0.05, 0) is 50.1 Å². The first-order valence-corrected chi connectivity index (χ1v) is 7.06. The van der Waals surface area contributed by atoms with Crippen molar-refractivity contribution in [2.75, 3.05) is 11.4 Å². The molecule has 0 aliphatic heterocycles. The maximum Gasteiger partial charge on any atom is 0.128 e. The van der Waals surface area contributed by atoms with Gasteiger partial charge in [-0.25, -0.2) is 4.39 Å². The summed E-state index contributed by atoms with van der Waals surface area (Å²) in [5.74, 6) is 0.734. The van der Waals surface area contributed by atoms with E-state index in [2.05, 4.69) is 4.90 Å². The van der Waals surface area contributed by atoms with Crippen LogP contribution in [-0.4, -0.2) is 12.6 Å². The summed E-state index contributed by atoms with van der Waals surface area (Å²) in [5, 5.41) is 0. The third-order valence-corrected chi connectivity index (χ3v) is 3.69. The highest BCUT2D eigenvalue weighted by molar-refractivity contribution is 5.56. The minimum atomic E-state index is -0.168. The number of furan rings is 1. The lowest BCUT2D eigenvalue weighted by atomic mass is 10.1. The molecule has 3 nitrogen and oxygen atoms in total. The maximum absolute atomic E-state index is 14.1. The predicted octanol–water partition coefficient (Wildman–Crippen LogP) is 3.09. The number of anilines is 1. The number of halogens is 1. The molecule has 106 valence electrons. The van der Waals surface area contributed by atoms with E-state index in [9.17, 15) is 4.39 Å². The van der Waals surface area contributed by atoms with Crippen molar-refractivity contribution in [3.63, 3.8) is 0 Å². The zero-order valence-corrected chi connectivity index (χ0v) is 11.4. The van der Waals surface area contributed by atoms with E-state index in [-0.39, 0.29) is 5.82 Å². The SMILES string of the molecule is NCCc1c(F)cccc1N(Cc1ccco1)C1CC1. The molecule has 1 aromatic heterocycles. The minimum absolute atomic E-state index is 0.168. The third kappa shape index (κ3) is 2.70. The summed E-state index contributed by atoms with van der Waals surface area (Å²) >= 11 is 0. The Hall–Kier alpha value is -1.81. The van der Waals surface area contributed by atoms with Crippen LogP contribution in [0, 0.1) is 5.82 Å². The maximum atomic E-state index is 14.1.